The second kappa shape index (κ2) is 10.8. The lowest BCUT2D eigenvalue weighted by molar-refractivity contribution is -0.128. The summed E-state index contributed by atoms with van der Waals surface area (Å²) < 4.78 is 22.0. The number of carbonyl (C=O) groups excluding carboxylic acids is 2. The Balaban J connectivity index is 1.76. The van der Waals surface area contributed by atoms with Crippen molar-refractivity contribution >= 4 is 17.5 Å². The van der Waals surface area contributed by atoms with Crippen molar-refractivity contribution in [3.63, 3.8) is 0 Å². The Labute approximate surface area is 219 Å². The number of anilines is 1. The van der Waals surface area contributed by atoms with E-state index >= 15 is 0 Å². The Morgan fingerprint density at radius 3 is 2.47 bits per heavy atom. The van der Waals surface area contributed by atoms with Gasteiger partial charge in [0.25, 0.3) is 11.8 Å². The number of nitrogens with zero attached hydrogens (tertiary/aromatic N) is 5. The van der Waals surface area contributed by atoms with Gasteiger partial charge in [0.2, 0.25) is 5.82 Å². The molecular weight excluding hydrogens is 492 g/mol. The highest BCUT2D eigenvalue weighted by Gasteiger charge is 2.37. The van der Waals surface area contributed by atoms with Gasteiger partial charge in [-0.3, -0.25) is 14.5 Å². The first kappa shape index (κ1) is 26.5. The van der Waals surface area contributed by atoms with Crippen LogP contribution in [-0.4, -0.2) is 51.8 Å². The van der Waals surface area contributed by atoms with Crippen LogP contribution in [-0.2, 0) is 16.1 Å². The summed E-state index contributed by atoms with van der Waals surface area (Å²) in [5.74, 6) is 1.54. The molecule has 0 saturated carbocycles. The third-order valence-corrected chi connectivity index (χ3v) is 5.42. The zero-order chi connectivity index (χ0) is 27.4. The Morgan fingerprint density at radius 1 is 1.11 bits per heavy atom. The van der Waals surface area contributed by atoms with Crippen molar-refractivity contribution in [1.82, 2.24) is 25.5 Å². The predicted molar refractivity (Wildman–Crippen MR) is 137 cm³/mol. The van der Waals surface area contributed by atoms with Gasteiger partial charge in [-0.1, -0.05) is 0 Å². The number of ether oxygens (including phenoxy) is 2. The normalized spacial score (nSPS) is 12.2. The molecule has 38 heavy (non-hydrogen) atoms. The van der Waals surface area contributed by atoms with Gasteiger partial charge in [0.15, 0.2) is 23.3 Å². The largest absolute Gasteiger partial charge is 0.493 e. The van der Waals surface area contributed by atoms with Gasteiger partial charge in [0, 0.05) is 17.3 Å². The van der Waals surface area contributed by atoms with Crippen LogP contribution in [0.1, 0.15) is 38.3 Å². The average molecular weight is 523 g/mol. The van der Waals surface area contributed by atoms with E-state index in [0.717, 1.165) is 4.80 Å². The number of hydrogen-bond donors (Lipinski definition) is 1. The molecule has 1 aromatic carbocycles. The number of nitrogens with one attached hydrogen (secondary N) is 1. The van der Waals surface area contributed by atoms with E-state index in [-0.39, 0.29) is 18.1 Å². The molecule has 12 nitrogen and oxygen atoms in total. The fraction of sp³-hybridized carbons (Fsp3) is 0.346. The highest BCUT2D eigenvalue weighted by Crippen LogP contribution is 2.36. The molecule has 12 heteroatoms. The van der Waals surface area contributed by atoms with Crippen LogP contribution in [0.5, 0.6) is 11.5 Å². The summed E-state index contributed by atoms with van der Waals surface area (Å²) in [7, 11) is 3.00. The van der Waals surface area contributed by atoms with Crippen LogP contribution in [0.2, 0.25) is 0 Å². The molecule has 0 spiro atoms. The Morgan fingerprint density at radius 2 is 1.87 bits per heavy atom. The number of carbonyl (C=O) groups is 2. The highest BCUT2D eigenvalue weighted by molar-refractivity contribution is 6.01. The number of hydrogen-bond acceptors (Lipinski definition) is 9. The van der Waals surface area contributed by atoms with Crippen molar-refractivity contribution in [2.45, 2.75) is 45.8 Å². The van der Waals surface area contributed by atoms with E-state index in [4.69, 9.17) is 18.3 Å². The maximum absolute atomic E-state index is 13.9. The molecule has 0 radical (unpaired) electrons. The second-order valence-electron chi connectivity index (χ2n) is 9.51. The number of amides is 2. The molecule has 4 aromatic rings. The third-order valence-electron chi connectivity index (χ3n) is 5.42. The maximum Gasteiger partial charge on any atom is 0.251 e. The van der Waals surface area contributed by atoms with Gasteiger partial charge in [-0.2, -0.15) is 4.80 Å². The Kier molecular flexibility index (Phi) is 7.51. The lowest BCUT2D eigenvalue weighted by Gasteiger charge is -2.32. The number of tetrazole rings is 1. The maximum atomic E-state index is 13.9. The predicted octanol–water partition coefficient (Wildman–Crippen LogP) is 3.54. The summed E-state index contributed by atoms with van der Waals surface area (Å²) in [5, 5.41) is 15.2. The van der Waals surface area contributed by atoms with E-state index in [2.05, 4.69) is 20.7 Å². The summed E-state index contributed by atoms with van der Waals surface area (Å²) in [4.78, 5) is 30.0. The molecule has 0 bridgehead atoms. The number of rotatable bonds is 9. The van der Waals surface area contributed by atoms with E-state index in [1.807, 2.05) is 20.8 Å². The quantitative estimate of drug-likeness (QED) is 0.350. The number of benzene rings is 1. The molecule has 1 N–H and O–H groups in total. The lowest BCUT2D eigenvalue weighted by atomic mass is 10.1. The molecule has 0 aliphatic carbocycles. The van der Waals surface area contributed by atoms with Crippen LogP contribution in [0, 0.1) is 6.92 Å². The van der Waals surface area contributed by atoms with Gasteiger partial charge in [-0.25, -0.2) is 0 Å². The molecule has 2 amide bonds. The van der Waals surface area contributed by atoms with E-state index < -0.39 is 23.4 Å². The zero-order valence-electron chi connectivity index (χ0n) is 22.1. The summed E-state index contributed by atoms with van der Waals surface area (Å²) in [6, 6.07) is 10.6. The molecular formula is C26H30N6O6. The van der Waals surface area contributed by atoms with Crippen LogP contribution in [0.15, 0.2) is 57.6 Å². The number of aryl methyl sites for hydroxylation is 1. The van der Waals surface area contributed by atoms with Crippen molar-refractivity contribution in [2.24, 2.45) is 0 Å². The second-order valence-corrected chi connectivity index (χ2v) is 9.51. The van der Waals surface area contributed by atoms with E-state index in [0.29, 0.717) is 28.7 Å². The Hall–Kier alpha value is -4.61. The van der Waals surface area contributed by atoms with Crippen molar-refractivity contribution in [2.75, 3.05) is 19.1 Å². The van der Waals surface area contributed by atoms with Crippen molar-refractivity contribution < 1.29 is 27.9 Å². The first-order chi connectivity index (χ1) is 18.1. The van der Waals surface area contributed by atoms with Crippen molar-refractivity contribution in [1.29, 1.82) is 0 Å². The van der Waals surface area contributed by atoms with E-state index in [1.54, 1.807) is 49.4 Å². The van der Waals surface area contributed by atoms with Gasteiger partial charge in [-0.05, 0) is 69.3 Å². The standard InChI is InChI=1S/C26H30N6O6/c1-16-9-11-20(38-16)24-28-30-31(29-24)15-22(33)32(17-10-12-18(35-5)21(14-17)36-6)23(19-8-7-13-37-19)25(34)27-26(2,3)4/h7-14,23H,15H2,1-6H3,(H,27,34)/t23-/m1/s1. The lowest BCUT2D eigenvalue weighted by Crippen LogP contribution is -2.50. The van der Waals surface area contributed by atoms with Crippen LogP contribution < -0.4 is 19.7 Å². The molecule has 3 heterocycles. The minimum Gasteiger partial charge on any atom is -0.493 e. The molecule has 0 unspecified atom stereocenters. The van der Waals surface area contributed by atoms with Crippen LogP contribution >= 0.6 is 0 Å². The number of methoxy groups -OCH3 is 2. The highest BCUT2D eigenvalue weighted by atomic mass is 16.5. The molecule has 0 aliphatic rings. The fourth-order valence-electron chi connectivity index (χ4n) is 3.83. The molecule has 0 saturated heterocycles. The molecule has 0 fully saturated rings. The zero-order valence-corrected chi connectivity index (χ0v) is 22.1. The summed E-state index contributed by atoms with van der Waals surface area (Å²) >= 11 is 0. The van der Waals surface area contributed by atoms with Gasteiger partial charge in [0.1, 0.15) is 18.1 Å². The van der Waals surface area contributed by atoms with Crippen LogP contribution in [0.3, 0.4) is 0 Å². The van der Waals surface area contributed by atoms with Crippen LogP contribution in [0.4, 0.5) is 5.69 Å². The minimum absolute atomic E-state index is 0.233. The molecule has 3 aromatic heterocycles. The van der Waals surface area contributed by atoms with Gasteiger partial charge >= 0.3 is 0 Å². The topological polar surface area (TPSA) is 138 Å². The molecule has 1 atom stereocenters. The third kappa shape index (κ3) is 5.85. The van der Waals surface area contributed by atoms with Crippen molar-refractivity contribution in [3.05, 3.63) is 60.2 Å². The summed E-state index contributed by atoms with van der Waals surface area (Å²) in [6.45, 7) is 7.04. The monoisotopic (exact) mass is 522 g/mol. The fourth-order valence-corrected chi connectivity index (χ4v) is 3.83. The molecule has 200 valence electrons. The van der Waals surface area contributed by atoms with Gasteiger partial charge < -0.3 is 23.6 Å². The summed E-state index contributed by atoms with van der Waals surface area (Å²) in [6.07, 6.45) is 1.45. The minimum atomic E-state index is -1.15. The number of furan rings is 2. The smallest absolute Gasteiger partial charge is 0.251 e. The average Bonchev–Trinajstić information content (AvgIpc) is 3.63. The van der Waals surface area contributed by atoms with Crippen LogP contribution in [0.25, 0.3) is 11.6 Å². The number of aromatic nitrogens is 4. The first-order valence-corrected chi connectivity index (χ1v) is 11.8. The first-order valence-electron chi connectivity index (χ1n) is 11.8. The Bertz CT molecular complexity index is 1400. The van der Waals surface area contributed by atoms with E-state index in [1.165, 1.54) is 25.4 Å². The van der Waals surface area contributed by atoms with Gasteiger partial charge in [-0.15, -0.1) is 10.2 Å². The summed E-state index contributed by atoms with van der Waals surface area (Å²) in [5.41, 5.74) is -0.197. The van der Waals surface area contributed by atoms with Gasteiger partial charge in [0.05, 0.1) is 20.5 Å². The van der Waals surface area contributed by atoms with Crippen molar-refractivity contribution in [3.8, 4) is 23.1 Å². The molecule has 0 aliphatic heterocycles. The SMILES string of the molecule is COc1ccc(N(C(=O)Cn2nnc(-c3ccc(C)o3)n2)[C@@H](C(=O)NC(C)(C)C)c2ccco2)cc1OC. The van der Waals surface area contributed by atoms with E-state index in [9.17, 15) is 9.59 Å². The molecule has 4 rings (SSSR count).